The van der Waals surface area contributed by atoms with E-state index in [9.17, 15) is 14.0 Å². The van der Waals surface area contributed by atoms with E-state index >= 15 is 0 Å². The molecule has 6 heteroatoms. The van der Waals surface area contributed by atoms with E-state index in [1.165, 1.54) is 24.5 Å². The zero-order valence-corrected chi connectivity index (χ0v) is 10.6. The van der Waals surface area contributed by atoms with Gasteiger partial charge in [-0.15, -0.1) is 0 Å². The molecule has 2 N–H and O–H groups in total. The lowest BCUT2D eigenvalue weighted by Gasteiger charge is -2.06. The number of carbonyl (C=O) groups excluding carboxylic acids is 2. The van der Waals surface area contributed by atoms with Gasteiger partial charge >= 0.3 is 0 Å². The number of halogens is 1. The first kappa shape index (κ1) is 13.8. The molecule has 0 aliphatic rings. The molecule has 20 heavy (non-hydrogen) atoms. The molecule has 2 aromatic rings. The number of benzene rings is 1. The average Bonchev–Trinajstić information content (AvgIpc) is 2.98. The molecule has 0 spiro atoms. The molecule has 2 rings (SSSR count). The van der Waals surface area contributed by atoms with Crippen LogP contribution in [-0.2, 0) is 11.3 Å². The molecule has 0 unspecified atom stereocenters. The molecular weight excluding hydrogens is 263 g/mol. The Morgan fingerprint density at radius 3 is 2.50 bits per heavy atom. The predicted molar refractivity (Wildman–Crippen MR) is 69.3 cm³/mol. The molecule has 0 aliphatic heterocycles. The zero-order valence-electron chi connectivity index (χ0n) is 10.6. The van der Waals surface area contributed by atoms with Crippen LogP contribution in [0.25, 0.3) is 0 Å². The molecule has 5 nitrogen and oxygen atoms in total. The fraction of sp³-hybridized carbons (Fsp3) is 0.143. The van der Waals surface area contributed by atoms with Gasteiger partial charge in [0.05, 0.1) is 12.8 Å². The van der Waals surface area contributed by atoms with Crippen molar-refractivity contribution in [1.82, 2.24) is 10.6 Å². The number of nitrogens with one attached hydrogen (secondary N) is 2. The molecule has 1 aromatic carbocycles. The summed E-state index contributed by atoms with van der Waals surface area (Å²) in [5.74, 6) is -0.969. The van der Waals surface area contributed by atoms with Gasteiger partial charge < -0.3 is 15.1 Å². The SMILES string of the molecule is O=C(CNC(=O)c1ccco1)NCc1ccc(F)cc1. The van der Waals surface area contributed by atoms with E-state index in [-0.39, 0.29) is 30.6 Å². The summed E-state index contributed by atoms with van der Waals surface area (Å²) in [7, 11) is 0. The lowest BCUT2D eigenvalue weighted by atomic mass is 10.2. The van der Waals surface area contributed by atoms with Gasteiger partial charge in [0, 0.05) is 6.54 Å². The van der Waals surface area contributed by atoms with Gasteiger partial charge in [0.1, 0.15) is 5.82 Å². The second-order valence-electron chi connectivity index (χ2n) is 4.06. The van der Waals surface area contributed by atoms with Crippen LogP contribution in [0.5, 0.6) is 0 Å². The van der Waals surface area contributed by atoms with E-state index in [4.69, 9.17) is 4.42 Å². The van der Waals surface area contributed by atoms with Crippen molar-refractivity contribution in [2.45, 2.75) is 6.54 Å². The summed E-state index contributed by atoms with van der Waals surface area (Å²) in [6.07, 6.45) is 1.38. The molecule has 0 radical (unpaired) electrons. The van der Waals surface area contributed by atoms with Gasteiger partial charge in [0.2, 0.25) is 5.91 Å². The van der Waals surface area contributed by atoms with Crippen LogP contribution < -0.4 is 10.6 Å². The van der Waals surface area contributed by atoms with E-state index < -0.39 is 5.91 Å². The maximum atomic E-state index is 12.7. The first-order valence-electron chi connectivity index (χ1n) is 5.98. The molecule has 0 saturated carbocycles. The molecule has 0 bridgehead atoms. The zero-order chi connectivity index (χ0) is 14.4. The van der Waals surface area contributed by atoms with Crippen molar-refractivity contribution in [3.63, 3.8) is 0 Å². The number of hydrogen-bond acceptors (Lipinski definition) is 3. The predicted octanol–water partition coefficient (Wildman–Crippen LogP) is 1.46. The van der Waals surface area contributed by atoms with Crippen LogP contribution in [0.15, 0.2) is 47.1 Å². The third-order valence-corrected chi connectivity index (χ3v) is 2.56. The second-order valence-corrected chi connectivity index (χ2v) is 4.06. The van der Waals surface area contributed by atoms with Crippen molar-refractivity contribution in [2.24, 2.45) is 0 Å². The Kier molecular flexibility index (Phi) is 4.49. The van der Waals surface area contributed by atoms with Gasteiger partial charge in [-0.1, -0.05) is 12.1 Å². The quantitative estimate of drug-likeness (QED) is 0.868. The minimum absolute atomic E-state index is 0.149. The highest BCUT2D eigenvalue weighted by atomic mass is 19.1. The number of rotatable bonds is 5. The molecule has 0 saturated heterocycles. The van der Waals surface area contributed by atoms with E-state index in [0.29, 0.717) is 0 Å². The fourth-order valence-electron chi connectivity index (χ4n) is 1.52. The molecule has 1 aromatic heterocycles. The Bertz CT molecular complexity index is 579. The minimum atomic E-state index is -0.452. The Morgan fingerprint density at radius 1 is 1.10 bits per heavy atom. The number of furan rings is 1. The first-order valence-corrected chi connectivity index (χ1v) is 5.98. The number of carbonyl (C=O) groups is 2. The molecule has 104 valence electrons. The van der Waals surface area contributed by atoms with Crippen molar-refractivity contribution in [2.75, 3.05) is 6.54 Å². The highest BCUT2D eigenvalue weighted by Crippen LogP contribution is 2.02. The highest BCUT2D eigenvalue weighted by Gasteiger charge is 2.09. The lowest BCUT2D eigenvalue weighted by molar-refractivity contribution is -0.120. The topological polar surface area (TPSA) is 71.3 Å². The summed E-state index contributed by atoms with van der Waals surface area (Å²) >= 11 is 0. The number of amides is 2. The maximum Gasteiger partial charge on any atom is 0.287 e. The summed E-state index contributed by atoms with van der Waals surface area (Å²) in [5.41, 5.74) is 0.775. The molecule has 0 aliphatic carbocycles. The van der Waals surface area contributed by atoms with Gasteiger partial charge in [-0.3, -0.25) is 9.59 Å². The Labute approximate surface area is 114 Å². The summed E-state index contributed by atoms with van der Waals surface area (Å²) < 4.78 is 17.6. The average molecular weight is 276 g/mol. The summed E-state index contributed by atoms with van der Waals surface area (Å²) in [6.45, 7) is 0.121. The van der Waals surface area contributed by atoms with E-state index in [1.807, 2.05) is 0 Å². The van der Waals surface area contributed by atoms with Crippen LogP contribution in [0.2, 0.25) is 0 Å². The van der Waals surface area contributed by atoms with Crippen LogP contribution in [0.3, 0.4) is 0 Å². The van der Waals surface area contributed by atoms with Crippen LogP contribution in [0.1, 0.15) is 16.1 Å². The standard InChI is InChI=1S/C14H13FN2O3/c15-11-5-3-10(4-6-11)8-16-13(18)9-17-14(19)12-2-1-7-20-12/h1-7H,8-9H2,(H,16,18)(H,17,19). The Morgan fingerprint density at radius 2 is 1.85 bits per heavy atom. The van der Waals surface area contributed by atoms with Crippen LogP contribution in [0.4, 0.5) is 4.39 Å². The van der Waals surface area contributed by atoms with Gasteiger partial charge in [-0.25, -0.2) is 4.39 Å². The molecule has 0 atom stereocenters. The third-order valence-electron chi connectivity index (χ3n) is 2.56. The van der Waals surface area contributed by atoms with Crippen molar-refractivity contribution in [3.05, 3.63) is 59.8 Å². The van der Waals surface area contributed by atoms with Crippen molar-refractivity contribution < 1.29 is 18.4 Å². The maximum absolute atomic E-state index is 12.7. The monoisotopic (exact) mass is 276 g/mol. The van der Waals surface area contributed by atoms with Gasteiger partial charge in [-0.2, -0.15) is 0 Å². The first-order chi connectivity index (χ1) is 9.65. The van der Waals surface area contributed by atoms with Gasteiger partial charge in [0.25, 0.3) is 5.91 Å². The molecular formula is C14H13FN2O3. The summed E-state index contributed by atoms with van der Waals surface area (Å²) in [6, 6.07) is 8.89. The van der Waals surface area contributed by atoms with Crippen molar-refractivity contribution in [3.8, 4) is 0 Å². The largest absolute Gasteiger partial charge is 0.459 e. The molecule has 0 fully saturated rings. The lowest BCUT2D eigenvalue weighted by Crippen LogP contribution is -2.36. The summed E-state index contributed by atoms with van der Waals surface area (Å²) in [5, 5.41) is 5.04. The van der Waals surface area contributed by atoms with E-state index in [2.05, 4.69) is 10.6 Å². The van der Waals surface area contributed by atoms with Crippen molar-refractivity contribution in [1.29, 1.82) is 0 Å². The Balaban J connectivity index is 1.73. The molecule has 1 heterocycles. The van der Waals surface area contributed by atoms with Crippen molar-refractivity contribution >= 4 is 11.8 Å². The van der Waals surface area contributed by atoms with Crippen LogP contribution in [-0.4, -0.2) is 18.4 Å². The second kappa shape index (κ2) is 6.51. The van der Waals surface area contributed by atoms with Gasteiger partial charge in [-0.05, 0) is 29.8 Å². The highest BCUT2D eigenvalue weighted by molar-refractivity contribution is 5.94. The minimum Gasteiger partial charge on any atom is -0.459 e. The van der Waals surface area contributed by atoms with Crippen LogP contribution in [0, 0.1) is 5.82 Å². The molecule has 2 amide bonds. The van der Waals surface area contributed by atoms with Crippen LogP contribution >= 0.6 is 0 Å². The smallest absolute Gasteiger partial charge is 0.287 e. The third kappa shape index (κ3) is 3.94. The van der Waals surface area contributed by atoms with E-state index in [0.717, 1.165) is 5.56 Å². The normalized spacial score (nSPS) is 10.1. The number of hydrogen-bond donors (Lipinski definition) is 2. The summed E-state index contributed by atoms with van der Waals surface area (Å²) in [4.78, 5) is 23.0. The fourth-order valence-corrected chi connectivity index (χ4v) is 1.52. The van der Waals surface area contributed by atoms with E-state index in [1.54, 1.807) is 18.2 Å². The van der Waals surface area contributed by atoms with Gasteiger partial charge in [0.15, 0.2) is 5.76 Å². The Hall–Kier alpha value is -2.63.